The first-order valence-electron chi connectivity index (χ1n) is 10.3. The molecule has 11 heteroatoms. The number of carbonyl (C=O) groups excluding carboxylic acids is 1. The van der Waals surface area contributed by atoms with Crippen molar-refractivity contribution in [2.75, 3.05) is 17.7 Å². The third-order valence-electron chi connectivity index (χ3n) is 4.68. The minimum absolute atomic E-state index is 0.0114. The van der Waals surface area contributed by atoms with E-state index in [9.17, 15) is 4.79 Å². The number of nitrogens with two attached hydrogens (primary N) is 1. The number of carbonyl (C=O) groups is 1. The number of amides is 1. The maximum Gasteiger partial charge on any atom is 0.269 e. The van der Waals surface area contributed by atoms with Crippen LogP contribution in [-0.2, 0) is 9.53 Å². The second kappa shape index (κ2) is 9.57. The molecule has 0 aliphatic carbocycles. The van der Waals surface area contributed by atoms with Gasteiger partial charge >= 0.3 is 0 Å². The number of rotatable bonds is 8. The maximum atomic E-state index is 13.0. The Bertz CT molecular complexity index is 1260. The molecule has 0 spiro atoms. The van der Waals surface area contributed by atoms with Crippen molar-refractivity contribution < 1.29 is 14.3 Å². The second-order valence-corrected chi connectivity index (χ2v) is 7.57. The van der Waals surface area contributed by atoms with Crippen LogP contribution < -0.4 is 15.8 Å². The number of aromatic nitrogens is 6. The summed E-state index contributed by atoms with van der Waals surface area (Å²) in [6.07, 6.45) is 4.98. The number of aryl methyl sites for hydroxylation is 1. The Kier molecular flexibility index (Phi) is 6.41. The molecule has 4 aromatic rings. The molecule has 1 atom stereocenters. The number of nitrogen functional groups attached to an aromatic ring is 1. The van der Waals surface area contributed by atoms with Crippen LogP contribution in [0.2, 0.25) is 0 Å². The zero-order valence-electron chi connectivity index (χ0n) is 18.5. The van der Waals surface area contributed by atoms with Crippen LogP contribution >= 0.6 is 0 Å². The van der Waals surface area contributed by atoms with Gasteiger partial charge in [-0.05, 0) is 44.5 Å². The summed E-state index contributed by atoms with van der Waals surface area (Å²) in [5.74, 6) is 0.757. The van der Waals surface area contributed by atoms with Crippen molar-refractivity contribution >= 4 is 28.4 Å². The first-order chi connectivity index (χ1) is 15.9. The van der Waals surface area contributed by atoms with Crippen molar-refractivity contribution in [3.63, 3.8) is 0 Å². The summed E-state index contributed by atoms with van der Waals surface area (Å²) in [5, 5.41) is 7.66. The van der Waals surface area contributed by atoms with E-state index in [1.54, 1.807) is 29.2 Å². The average Bonchev–Trinajstić information content (AvgIpc) is 3.23. The lowest BCUT2D eigenvalue weighted by Crippen LogP contribution is -2.38. The van der Waals surface area contributed by atoms with E-state index < -0.39 is 12.0 Å². The average molecular weight is 448 g/mol. The highest BCUT2D eigenvalue weighted by Crippen LogP contribution is 2.25. The summed E-state index contributed by atoms with van der Waals surface area (Å²) in [7, 11) is 0. The minimum atomic E-state index is -0.996. The molecule has 33 heavy (non-hydrogen) atoms. The normalized spacial score (nSPS) is 12.1. The molecule has 0 aromatic carbocycles. The van der Waals surface area contributed by atoms with E-state index in [2.05, 4.69) is 30.4 Å². The van der Waals surface area contributed by atoms with Crippen LogP contribution in [0.5, 0.6) is 5.88 Å². The smallest absolute Gasteiger partial charge is 0.269 e. The lowest BCUT2D eigenvalue weighted by Gasteiger charge is -2.19. The van der Waals surface area contributed by atoms with Crippen molar-refractivity contribution in [1.29, 1.82) is 0 Å². The van der Waals surface area contributed by atoms with Gasteiger partial charge in [0.2, 0.25) is 12.0 Å². The number of fused-ring (bicyclic) bond motifs is 1. The van der Waals surface area contributed by atoms with E-state index >= 15 is 0 Å². The Morgan fingerprint density at radius 3 is 2.73 bits per heavy atom. The van der Waals surface area contributed by atoms with Crippen LogP contribution in [0.15, 0.2) is 49.2 Å². The molecule has 11 nitrogen and oxygen atoms in total. The predicted octanol–water partition coefficient (Wildman–Crippen LogP) is 2.31. The Balaban J connectivity index is 1.62. The molecule has 0 saturated heterocycles. The number of nitrogens with one attached hydrogen (secondary N) is 1. The van der Waals surface area contributed by atoms with Crippen LogP contribution in [0, 0.1) is 6.92 Å². The molecular weight excluding hydrogens is 424 g/mol. The standard InChI is InChI=1S/C22H24N8O3/c1-13(2)32-11-17(21(31)29-18-7-6-15(23)9-25-18)33-22-16-10-28-30(20(16)26-12-27-22)19-14(3)5-4-8-24-19/h4-10,12-13,17H,11,23H2,1-3H3,(H,25,29,31)/t17-/m0/s1. The first-order valence-corrected chi connectivity index (χ1v) is 10.3. The molecule has 3 N–H and O–H groups in total. The van der Waals surface area contributed by atoms with E-state index in [-0.39, 0.29) is 18.6 Å². The van der Waals surface area contributed by atoms with Crippen molar-refractivity contribution in [2.45, 2.75) is 33.0 Å². The number of anilines is 2. The van der Waals surface area contributed by atoms with Crippen molar-refractivity contribution in [2.24, 2.45) is 0 Å². The zero-order valence-corrected chi connectivity index (χ0v) is 18.5. The summed E-state index contributed by atoms with van der Waals surface area (Å²) in [6, 6.07) is 7.03. The monoisotopic (exact) mass is 448 g/mol. The molecule has 0 bridgehead atoms. The van der Waals surface area contributed by atoms with Crippen LogP contribution in [0.25, 0.3) is 16.9 Å². The number of ether oxygens (including phenoxy) is 2. The fraction of sp³-hybridized carbons (Fsp3) is 0.273. The number of pyridine rings is 2. The summed E-state index contributed by atoms with van der Waals surface area (Å²) < 4.78 is 13.3. The van der Waals surface area contributed by atoms with E-state index in [0.717, 1.165) is 5.56 Å². The lowest BCUT2D eigenvalue weighted by molar-refractivity contribution is -0.126. The highest BCUT2D eigenvalue weighted by Gasteiger charge is 2.25. The van der Waals surface area contributed by atoms with E-state index in [4.69, 9.17) is 15.2 Å². The lowest BCUT2D eigenvalue weighted by atomic mass is 10.3. The maximum absolute atomic E-state index is 13.0. The molecule has 170 valence electrons. The molecule has 0 saturated carbocycles. The SMILES string of the molecule is Cc1cccnc1-n1ncc2c(O[C@@H](COC(C)C)C(=O)Nc3ccc(N)cn3)ncnc21. The van der Waals surface area contributed by atoms with E-state index in [1.165, 1.54) is 12.5 Å². The van der Waals surface area contributed by atoms with Crippen molar-refractivity contribution in [3.8, 4) is 11.7 Å². The van der Waals surface area contributed by atoms with E-state index in [1.807, 2.05) is 32.9 Å². The Morgan fingerprint density at radius 2 is 2.00 bits per heavy atom. The zero-order chi connectivity index (χ0) is 23.4. The van der Waals surface area contributed by atoms with Gasteiger partial charge in [0.05, 0.1) is 30.8 Å². The molecule has 0 fully saturated rings. The highest BCUT2D eigenvalue weighted by molar-refractivity contribution is 5.94. The van der Waals surface area contributed by atoms with Gasteiger partial charge in [-0.15, -0.1) is 0 Å². The largest absolute Gasteiger partial charge is 0.461 e. The molecular formula is C22H24N8O3. The second-order valence-electron chi connectivity index (χ2n) is 7.57. The molecule has 4 rings (SSSR count). The van der Waals surface area contributed by atoms with Crippen LogP contribution in [0.1, 0.15) is 19.4 Å². The molecule has 4 heterocycles. The van der Waals surface area contributed by atoms with Crippen molar-refractivity contribution in [1.82, 2.24) is 29.7 Å². The molecule has 1 amide bonds. The summed E-state index contributed by atoms with van der Waals surface area (Å²) in [6.45, 7) is 5.69. The fourth-order valence-electron chi connectivity index (χ4n) is 3.03. The number of nitrogens with zero attached hydrogens (tertiary/aromatic N) is 6. The van der Waals surface area contributed by atoms with Crippen LogP contribution in [-0.4, -0.2) is 54.4 Å². The van der Waals surface area contributed by atoms with E-state index in [0.29, 0.717) is 28.4 Å². The van der Waals surface area contributed by atoms with Crippen molar-refractivity contribution in [3.05, 3.63) is 54.7 Å². The summed E-state index contributed by atoms with van der Waals surface area (Å²) in [5.41, 5.74) is 7.59. The Labute approximate surface area is 190 Å². The fourth-order valence-corrected chi connectivity index (χ4v) is 3.03. The highest BCUT2D eigenvalue weighted by atomic mass is 16.5. The van der Waals surface area contributed by atoms with Gasteiger partial charge in [0.25, 0.3) is 5.91 Å². The molecule has 0 aliphatic heterocycles. The van der Waals surface area contributed by atoms with Gasteiger partial charge in [-0.25, -0.2) is 19.9 Å². The van der Waals surface area contributed by atoms with Gasteiger partial charge in [0.1, 0.15) is 17.5 Å². The predicted molar refractivity (Wildman–Crippen MR) is 122 cm³/mol. The third kappa shape index (κ3) is 5.04. The summed E-state index contributed by atoms with van der Waals surface area (Å²) in [4.78, 5) is 30.0. The van der Waals surface area contributed by atoms with Gasteiger partial charge in [-0.2, -0.15) is 9.78 Å². The molecule has 0 unspecified atom stereocenters. The molecule has 4 aromatic heterocycles. The number of hydrogen-bond acceptors (Lipinski definition) is 9. The van der Waals surface area contributed by atoms with Crippen LogP contribution in [0.3, 0.4) is 0 Å². The van der Waals surface area contributed by atoms with Gasteiger partial charge in [-0.3, -0.25) is 4.79 Å². The first kappa shape index (κ1) is 22.1. The Morgan fingerprint density at radius 1 is 1.15 bits per heavy atom. The molecule has 0 radical (unpaired) electrons. The quantitative estimate of drug-likeness (QED) is 0.415. The third-order valence-corrected chi connectivity index (χ3v) is 4.68. The molecule has 0 aliphatic rings. The minimum Gasteiger partial charge on any atom is -0.461 e. The summed E-state index contributed by atoms with van der Waals surface area (Å²) >= 11 is 0. The van der Waals surface area contributed by atoms with Gasteiger partial charge < -0.3 is 20.5 Å². The van der Waals surface area contributed by atoms with Gasteiger partial charge in [0.15, 0.2) is 11.5 Å². The topological polar surface area (TPSA) is 143 Å². The van der Waals surface area contributed by atoms with Gasteiger partial charge in [-0.1, -0.05) is 6.07 Å². The van der Waals surface area contributed by atoms with Gasteiger partial charge in [0, 0.05) is 6.20 Å². The van der Waals surface area contributed by atoms with Crippen LogP contribution in [0.4, 0.5) is 11.5 Å². The Hall–Kier alpha value is -4.12. The number of hydrogen-bond donors (Lipinski definition) is 2.